The first-order chi connectivity index (χ1) is 8.92. The van der Waals surface area contributed by atoms with Crippen molar-refractivity contribution in [1.29, 1.82) is 0 Å². The molecule has 2 N–H and O–H groups in total. The standard InChI is InChI=1S/C11H15N5O2/c1-3-12-4-2-8(1)17-7-9-15-11(16-18-9)10-13-5-6-14-10/h5-6,8,12H,1-4,7H2,(H,13,14). The molecule has 1 aliphatic heterocycles. The van der Waals surface area contributed by atoms with Crippen LogP contribution in [0.2, 0.25) is 0 Å². The van der Waals surface area contributed by atoms with Gasteiger partial charge in [-0.1, -0.05) is 5.16 Å². The number of rotatable bonds is 4. The molecule has 18 heavy (non-hydrogen) atoms. The van der Waals surface area contributed by atoms with Gasteiger partial charge in [-0.05, 0) is 25.9 Å². The number of hydrogen-bond acceptors (Lipinski definition) is 6. The molecule has 0 radical (unpaired) electrons. The van der Waals surface area contributed by atoms with E-state index in [1.54, 1.807) is 12.4 Å². The Morgan fingerprint density at radius 1 is 1.39 bits per heavy atom. The zero-order chi connectivity index (χ0) is 12.2. The minimum absolute atomic E-state index is 0.283. The maximum atomic E-state index is 5.73. The first kappa shape index (κ1) is 11.4. The van der Waals surface area contributed by atoms with Crippen LogP contribution in [0.15, 0.2) is 16.9 Å². The van der Waals surface area contributed by atoms with Crippen LogP contribution in [0, 0.1) is 0 Å². The number of hydrogen-bond donors (Lipinski definition) is 2. The molecule has 2 aromatic heterocycles. The number of nitrogens with one attached hydrogen (secondary N) is 2. The quantitative estimate of drug-likeness (QED) is 0.830. The van der Waals surface area contributed by atoms with E-state index in [0.717, 1.165) is 25.9 Å². The minimum atomic E-state index is 0.283. The number of imidazole rings is 1. The Hall–Kier alpha value is -1.73. The third-order valence-electron chi connectivity index (χ3n) is 2.91. The normalized spacial score (nSPS) is 17.1. The average molecular weight is 249 g/mol. The Bertz CT molecular complexity index is 475. The molecule has 2 aromatic rings. The van der Waals surface area contributed by atoms with Crippen LogP contribution >= 0.6 is 0 Å². The van der Waals surface area contributed by atoms with Crippen molar-refractivity contribution in [3.05, 3.63) is 18.3 Å². The second-order valence-corrected chi connectivity index (χ2v) is 4.21. The molecule has 3 heterocycles. The fourth-order valence-corrected chi connectivity index (χ4v) is 1.95. The molecule has 0 aromatic carbocycles. The van der Waals surface area contributed by atoms with Gasteiger partial charge < -0.3 is 19.6 Å². The highest BCUT2D eigenvalue weighted by atomic mass is 16.5. The van der Waals surface area contributed by atoms with E-state index >= 15 is 0 Å². The third-order valence-corrected chi connectivity index (χ3v) is 2.91. The van der Waals surface area contributed by atoms with Gasteiger partial charge in [0.05, 0.1) is 6.10 Å². The lowest BCUT2D eigenvalue weighted by Crippen LogP contribution is -2.32. The first-order valence-electron chi connectivity index (χ1n) is 6.06. The van der Waals surface area contributed by atoms with Gasteiger partial charge in [-0.15, -0.1) is 0 Å². The maximum absolute atomic E-state index is 5.73. The van der Waals surface area contributed by atoms with Gasteiger partial charge in [0, 0.05) is 12.4 Å². The molecule has 0 atom stereocenters. The van der Waals surface area contributed by atoms with E-state index in [4.69, 9.17) is 9.26 Å². The summed E-state index contributed by atoms with van der Waals surface area (Å²) in [7, 11) is 0. The van der Waals surface area contributed by atoms with Gasteiger partial charge in [0.1, 0.15) is 6.61 Å². The van der Waals surface area contributed by atoms with Crippen molar-refractivity contribution in [2.75, 3.05) is 13.1 Å². The van der Waals surface area contributed by atoms with Gasteiger partial charge in [0.25, 0.3) is 5.89 Å². The van der Waals surface area contributed by atoms with Gasteiger partial charge in [0.15, 0.2) is 5.82 Å². The summed E-state index contributed by atoms with van der Waals surface area (Å²) >= 11 is 0. The van der Waals surface area contributed by atoms with E-state index < -0.39 is 0 Å². The van der Waals surface area contributed by atoms with Crippen molar-refractivity contribution >= 4 is 0 Å². The number of aromatic amines is 1. The highest BCUT2D eigenvalue weighted by molar-refractivity contribution is 5.40. The maximum Gasteiger partial charge on any atom is 0.253 e. The summed E-state index contributed by atoms with van der Waals surface area (Å²) in [6.07, 6.45) is 5.71. The lowest BCUT2D eigenvalue weighted by molar-refractivity contribution is 0.00859. The van der Waals surface area contributed by atoms with Crippen LogP contribution in [0.25, 0.3) is 11.6 Å². The molecule has 1 aliphatic rings. The van der Waals surface area contributed by atoms with Gasteiger partial charge >= 0.3 is 0 Å². The van der Waals surface area contributed by atoms with Gasteiger partial charge in [0.2, 0.25) is 5.82 Å². The third kappa shape index (κ3) is 2.57. The summed E-state index contributed by atoms with van der Waals surface area (Å²) in [4.78, 5) is 11.2. The van der Waals surface area contributed by atoms with Crippen molar-refractivity contribution in [3.63, 3.8) is 0 Å². The van der Waals surface area contributed by atoms with Crippen LogP contribution in [0.1, 0.15) is 18.7 Å². The van der Waals surface area contributed by atoms with Gasteiger partial charge in [-0.25, -0.2) is 4.98 Å². The van der Waals surface area contributed by atoms with Crippen LogP contribution in [0.4, 0.5) is 0 Å². The number of H-pyrrole nitrogens is 1. The van der Waals surface area contributed by atoms with Crippen molar-refractivity contribution in [1.82, 2.24) is 25.4 Å². The Labute approximate surface area is 104 Å². The van der Waals surface area contributed by atoms with Crippen molar-refractivity contribution in [2.24, 2.45) is 0 Å². The highest BCUT2D eigenvalue weighted by Crippen LogP contribution is 2.13. The summed E-state index contributed by atoms with van der Waals surface area (Å²) in [5.74, 6) is 1.55. The summed E-state index contributed by atoms with van der Waals surface area (Å²) in [5, 5.41) is 7.14. The second kappa shape index (κ2) is 5.28. The van der Waals surface area contributed by atoms with Crippen LogP contribution < -0.4 is 5.32 Å². The first-order valence-corrected chi connectivity index (χ1v) is 6.06. The number of ether oxygens (including phenoxy) is 1. The molecular formula is C11H15N5O2. The van der Waals surface area contributed by atoms with Crippen LogP contribution in [-0.4, -0.2) is 39.3 Å². The average Bonchev–Trinajstić information content (AvgIpc) is 3.08. The molecule has 7 heteroatoms. The van der Waals surface area contributed by atoms with E-state index in [0.29, 0.717) is 24.1 Å². The van der Waals surface area contributed by atoms with Crippen LogP contribution in [0.3, 0.4) is 0 Å². The molecule has 1 saturated heterocycles. The summed E-state index contributed by atoms with van der Waals surface area (Å²) < 4.78 is 10.9. The molecule has 0 bridgehead atoms. The fourth-order valence-electron chi connectivity index (χ4n) is 1.95. The van der Waals surface area contributed by atoms with Crippen molar-refractivity contribution in [3.8, 4) is 11.6 Å². The Morgan fingerprint density at radius 3 is 3.06 bits per heavy atom. The molecule has 1 fully saturated rings. The predicted octanol–water partition coefficient (Wildman–Crippen LogP) is 0.728. The monoisotopic (exact) mass is 249 g/mol. The van der Waals surface area contributed by atoms with Crippen molar-refractivity contribution < 1.29 is 9.26 Å². The highest BCUT2D eigenvalue weighted by Gasteiger charge is 2.16. The summed E-state index contributed by atoms with van der Waals surface area (Å²) in [6, 6.07) is 0. The van der Waals surface area contributed by atoms with Gasteiger partial charge in [-0.2, -0.15) is 4.98 Å². The molecule has 0 amide bonds. The molecule has 3 rings (SSSR count). The zero-order valence-electron chi connectivity index (χ0n) is 9.93. The van der Waals surface area contributed by atoms with E-state index in [1.807, 2.05) is 0 Å². The number of aromatic nitrogens is 4. The molecular weight excluding hydrogens is 234 g/mol. The SMILES string of the molecule is c1c[nH]c(-c2noc(COC3CCNCC3)n2)n1. The van der Waals surface area contributed by atoms with E-state index in [-0.39, 0.29) is 6.10 Å². The molecule has 0 saturated carbocycles. The molecule has 7 nitrogen and oxygen atoms in total. The summed E-state index contributed by atoms with van der Waals surface area (Å²) in [5.41, 5.74) is 0. The number of nitrogens with zero attached hydrogens (tertiary/aromatic N) is 3. The van der Waals surface area contributed by atoms with Crippen LogP contribution in [0.5, 0.6) is 0 Å². The molecule has 0 spiro atoms. The van der Waals surface area contributed by atoms with E-state index in [9.17, 15) is 0 Å². The summed E-state index contributed by atoms with van der Waals surface area (Å²) in [6.45, 7) is 2.37. The largest absolute Gasteiger partial charge is 0.368 e. The Morgan fingerprint density at radius 2 is 2.28 bits per heavy atom. The van der Waals surface area contributed by atoms with Crippen molar-refractivity contribution in [2.45, 2.75) is 25.6 Å². The Kier molecular flexibility index (Phi) is 3.33. The Balaban J connectivity index is 1.57. The molecule has 0 unspecified atom stereocenters. The molecule has 0 aliphatic carbocycles. The van der Waals surface area contributed by atoms with E-state index in [1.165, 1.54) is 0 Å². The topological polar surface area (TPSA) is 88.9 Å². The molecule has 96 valence electrons. The van der Waals surface area contributed by atoms with Crippen LogP contribution in [-0.2, 0) is 11.3 Å². The zero-order valence-corrected chi connectivity index (χ0v) is 9.93. The number of piperidine rings is 1. The lowest BCUT2D eigenvalue weighted by Gasteiger charge is -2.21. The fraction of sp³-hybridized carbons (Fsp3) is 0.545. The minimum Gasteiger partial charge on any atom is -0.368 e. The smallest absolute Gasteiger partial charge is 0.253 e. The second-order valence-electron chi connectivity index (χ2n) is 4.21. The lowest BCUT2D eigenvalue weighted by atomic mass is 10.1. The van der Waals surface area contributed by atoms with E-state index in [2.05, 4.69) is 25.4 Å². The van der Waals surface area contributed by atoms with Gasteiger partial charge in [-0.3, -0.25) is 0 Å². The predicted molar refractivity (Wildman–Crippen MR) is 62.6 cm³/mol.